The van der Waals surface area contributed by atoms with Crippen molar-refractivity contribution >= 4 is 11.7 Å². The van der Waals surface area contributed by atoms with Crippen LogP contribution in [0, 0.1) is 0 Å². The second-order valence-electron chi connectivity index (χ2n) is 8.06. The number of esters is 1. The molecule has 1 fully saturated rings. The highest BCUT2D eigenvalue weighted by Crippen LogP contribution is 2.39. The van der Waals surface area contributed by atoms with Crippen LogP contribution >= 0.6 is 0 Å². The largest absolute Gasteiger partial charge is 0.492 e. The number of methoxy groups -OCH3 is 1. The highest BCUT2D eigenvalue weighted by Gasteiger charge is 2.32. The third-order valence-electron chi connectivity index (χ3n) is 5.94. The van der Waals surface area contributed by atoms with E-state index < -0.39 is 0 Å². The predicted molar refractivity (Wildman–Crippen MR) is 130 cm³/mol. The summed E-state index contributed by atoms with van der Waals surface area (Å²) in [4.78, 5) is 14.8. The number of rotatable bonds is 8. The van der Waals surface area contributed by atoms with Gasteiger partial charge in [0.15, 0.2) is 0 Å². The molecule has 0 N–H and O–H groups in total. The molecule has 1 saturated heterocycles. The van der Waals surface area contributed by atoms with Crippen molar-refractivity contribution in [3.8, 4) is 5.75 Å². The third-order valence-corrected chi connectivity index (χ3v) is 5.94. The molecule has 0 amide bonds. The zero-order valence-electron chi connectivity index (χ0n) is 19.3. The Labute approximate surface area is 195 Å². The Hall–Kier alpha value is -3.31. The molecule has 1 aliphatic heterocycles. The minimum atomic E-state index is -0.376. The van der Waals surface area contributed by atoms with Gasteiger partial charge in [-0.05, 0) is 49.4 Å². The Morgan fingerprint density at radius 2 is 1.61 bits per heavy atom. The van der Waals surface area contributed by atoms with Crippen LogP contribution in [0.25, 0.3) is 0 Å². The van der Waals surface area contributed by atoms with Crippen LogP contribution in [0.5, 0.6) is 5.75 Å². The van der Waals surface area contributed by atoms with Gasteiger partial charge in [0.2, 0.25) is 0 Å². The summed E-state index contributed by atoms with van der Waals surface area (Å²) in [5, 5.41) is 0. The lowest BCUT2D eigenvalue weighted by molar-refractivity contribution is -0.00692. The summed E-state index contributed by atoms with van der Waals surface area (Å²) in [6.45, 7) is 3.22. The summed E-state index contributed by atoms with van der Waals surface area (Å²) in [7, 11) is 1.41. The molecule has 0 bridgehead atoms. The standard InChI is InChI=1S/C28H31NO4/c1-3-32-24-18-12-17-23(28(30)31-2)26(24)29-20-11-10-19-25(29)33-27(21-13-6-4-7-14-21)22-15-8-5-9-16-22/h4-9,12-18,25,27H,3,10-11,19-20H2,1-2H3. The molecule has 33 heavy (non-hydrogen) atoms. The fraction of sp³-hybridized carbons (Fsp3) is 0.321. The van der Waals surface area contributed by atoms with Crippen LogP contribution in [0.15, 0.2) is 78.9 Å². The van der Waals surface area contributed by atoms with E-state index in [1.54, 1.807) is 6.07 Å². The van der Waals surface area contributed by atoms with E-state index in [0.717, 1.165) is 42.6 Å². The first kappa shape index (κ1) is 22.9. The lowest BCUT2D eigenvalue weighted by Gasteiger charge is -2.40. The van der Waals surface area contributed by atoms with Gasteiger partial charge in [-0.3, -0.25) is 0 Å². The molecule has 0 aliphatic carbocycles. The van der Waals surface area contributed by atoms with Crippen LogP contribution in [-0.2, 0) is 9.47 Å². The maximum Gasteiger partial charge on any atom is 0.340 e. The number of nitrogens with zero attached hydrogens (tertiary/aromatic N) is 1. The van der Waals surface area contributed by atoms with Crippen LogP contribution in [-0.4, -0.2) is 32.5 Å². The highest BCUT2D eigenvalue weighted by atomic mass is 16.5. The van der Waals surface area contributed by atoms with Crippen LogP contribution in [0.1, 0.15) is 53.8 Å². The molecule has 1 atom stereocenters. The number of hydrogen-bond donors (Lipinski definition) is 0. The van der Waals surface area contributed by atoms with Gasteiger partial charge in [-0.2, -0.15) is 0 Å². The first-order chi connectivity index (χ1) is 16.2. The second-order valence-corrected chi connectivity index (χ2v) is 8.06. The van der Waals surface area contributed by atoms with Crippen molar-refractivity contribution in [3.63, 3.8) is 0 Å². The van der Waals surface area contributed by atoms with Gasteiger partial charge in [0.1, 0.15) is 18.1 Å². The first-order valence-corrected chi connectivity index (χ1v) is 11.6. The van der Waals surface area contributed by atoms with Crippen molar-refractivity contribution in [1.29, 1.82) is 0 Å². The predicted octanol–water partition coefficient (Wildman–Crippen LogP) is 5.99. The molecule has 5 heteroatoms. The number of hydrogen-bond acceptors (Lipinski definition) is 5. The SMILES string of the molecule is CCOc1cccc(C(=O)OC)c1N1CCCCC1OC(c1ccccc1)c1ccccc1. The van der Waals surface area contributed by atoms with Gasteiger partial charge < -0.3 is 19.1 Å². The van der Waals surface area contributed by atoms with E-state index in [9.17, 15) is 4.79 Å². The lowest BCUT2D eigenvalue weighted by atomic mass is 10.0. The molecule has 1 heterocycles. The smallest absolute Gasteiger partial charge is 0.340 e. The van der Waals surface area contributed by atoms with Gasteiger partial charge in [-0.25, -0.2) is 4.79 Å². The highest BCUT2D eigenvalue weighted by molar-refractivity contribution is 5.97. The Bertz CT molecular complexity index is 999. The Kier molecular flexibility index (Phi) is 7.63. The fourth-order valence-corrected chi connectivity index (χ4v) is 4.43. The molecule has 1 unspecified atom stereocenters. The number of piperidine rings is 1. The average Bonchev–Trinajstić information content (AvgIpc) is 2.88. The number of benzene rings is 3. The molecule has 3 aromatic rings. The summed E-state index contributed by atoms with van der Waals surface area (Å²) in [6.07, 6.45) is 2.49. The monoisotopic (exact) mass is 445 g/mol. The summed E-state index contributed by atoms with van der Waals surface area (Å²) in [5.74, 6) is 0.297. The Morgan fingerprint density at radius 3 is 2.21 bits per heavy atom. The van der Waals surface area contributed by atoms with Crippen molar-refractivity contribution in [3.05, 3.63) is 95.6 Å². The number of ether oxygens (including phenoxy) is 3. The van der Waals surface area contributed by atoms with E-state index in [4.69, 9.17) is 14.2 Å². The maximum absolute atomic E-state index is 12.7. The van der Waals surface area contributed by atoms with Gasteiger partial charge in [0.05, 0.1) is 25.0 Å². The zero-order valence-corrected chi connectivity index (χ0v) is 19.3. The molecule has 0 radical (unpaired) electrons. The number of carbonyl (C=O) groups is 1. The molecule has 3 aromatic carbocycles. The Balaban J connectivity index is 1.74. The quantitative estimate of drug-likeness (QED) is 0.398. The number of carbonyl (C=O) groups excluding carboxylic acids is 1. The number of para-hydroxylation sites is 1. The van der Waals surface area contributed by atoms with Crippen molar-refractivity contribution < 1.29 is 19.0 Å². The normalized spacial score (nSPS) is 16.0. The van der Waals surface area contributed by atoms with Crippen LogP contribution in [0.3, 0.4) is 0 Å². The molecule has 1 aliphatic rings. The van der Waals surface area contributed by atoms with E-state index in [-0.39, 0.29) is 18.3 Å². The van der Waals surface area contributed by atoms with Gasteiger partial charge in [0.25, 0.3) is 0 Å². The van der Waals surface area contributed by atoms with E-state index in [1.165, 1.54) is 7.11 Å². The van der Waals surface area contributed by atoms with E-state index in [0.29, 0.717) is 17.9 Å². The van der Waals surface area contributed by atoms with Crippen LogP contribution in [0.2, 0.25) is 0 Å². The van der Waals surface area contributed by atoms with E-state index >= 15 is 0 Å². The fourth-order valence-electron chi connectivity index (χ4n) is 4.43. The first-order valence-electron chi connectivity index (χ1n) is 11.6. The van der Waals surface area contributed by atoms with Crippen molar-refractivity contribution in [2.45, 2.75) is 38.5 Å². The van der Waals surface area contributed by atoms with Gasteiger partial charge in [-0.1, -0.05) is 66.7 Å². The van der Waals surface area contributed by atoms with Gasteiger partial charge in [0, 0.05) is 6.54 Å². The molecule has 5 nitrogen and oxygen atoms in total. The average molecular weight is 446 g/mol. The molecule has 0 spiro atoms. The minimum absolute atomic E-state index is 0.214. The topological polar surface area (TPSA) is 48.0 Å². The van der Waals surface area contributed by atoms with Gasteiger partial charge in [-0.15, -0.1) is 0 Å². The Morgan fingerprint density at radius 1 is 0.939 bits per heavy atom. The summed E-state index contributed by atoms with van der Waals surface area (Å²) < 4.78 is 17.9. The third kappa shape index (κ3) is 5.20. The van der Waals surface area contributed by atoms with Crippen molar-refractivity contribution in [2.75, 3.05) is 25.2 Å². The summed E-state index contributed by atoms with van der Waals surface area (Å²) in [5.41, 5.74) is 3.44. The van der Waals surface area contributed by atoms with E-state index in [1.807, 2.05) is 55.5 Å². The van der Waals surface area contributed by atoms with Crippen LogP contribution in [0.4, 0.5) is 5.69 Å². The van der Waals surface area contributed by atoms with Gasteiger partial charge >= 0.3 is 5.97 Å². The molecular weight excluding hydrogens is 414 g/mol. The molecule has 4 rings (SSSR count). The maximum atomic E-state index is 12.7. The molecular formula is C28H31NO4. The summed E-state index contributed by atoms with van der Waals surface area (Å²) in [6, 6.07) is 26.1. The molecule has 0 saturated carbocycles. The number of anilines is 1. The zero-order chi connectivity index (χ0) is 23.0. The summed E-state index contributed by atoms with van der Waals surface area (Å²) >= 11 is 0. The van der Waals surface area contributed by atoms with Crippen molar-refractivity contribution in [2.24, 2.45) is 0 Å². The van der Waals surface area contributed by atoms with E-state index in [2.05, 4.69) is 29.2 Å². The second kappa shape index (κ2) is 11.0. The molecule has 172 valence electrons. The lowest BCUT2D eigenvalue weighted by Crippen LogP contribution is -2.43. The van der Waals surface area contributed by atoms with Crippen molar-refractivity contribution in [1.82, 2.24) is 0 Å². The molecule has 0 aromatic heterocycles. The minimum Gasteiger partial charge on any atom is -0.492 e. The van der Waals surface area contributed by atoms with Crippen LogP contribution < -0.4 is 9.64 Å².